The van der Waals surface area contributed by atoms with Crippen molar-refractivity contribution in [3.05, 3.63) is 65.2 Å². The van der Waals surface area contributed by atoms with Gasteiger partial charge in [-0.05, 0) is 47.9 Å². The molecule has 2 rings (SSSR count). The molecule has 2 N–H and O–H groups in total. The van der Waals surface area contributed by atoms with Crippen molar-refractivity contribution < 1.29 is 9.59 Å². The second-order valence-electron chi connectivity index (χ2n) is 5.48. The number of hydrogen-bond acceptors (Lipinski definition) is 3. The lowest BCUT2D eigenvalue weighted by atomic mass is 10.1. The maximum atomic E-state index is 12.3. The van der Waals surface area contributed by atoms with Gasteiger partial charge >= 0.3 is 0 Å². The van der Waals surface area contributed by atoms with Crippen molar-refractivity contribution in [2.45, 2.75) is 20.3 Å². The number of benzene rings is 2. The van der Waals surface area contributed by atoms with Gasteiger partial charge in [-0.3, -0.25) is 9.59 Å². The van der Waals surface area contributed by atoms with E-state index >= 15 is 0 Å². The second kappa shape index (κ2) is 8.46. The van der Waals surface area contributed by atoms with Gasteiger partial charge in [0.25, 0.3) is 5.91 Å². The van der Waals surface area contributed by atoms with Crippen LogP contribution in [0.5, 0.6) is 0 Å². The Morgan fingerprint density at radius 3 is 2.04 bits per heavy atom. The summed E-state index contributed by atoms with van der Waals surface area (Å²) >= 11 is 0. The van der Waals surface area contributed by atoms with Crippen LogP contribution in [0.2, 0.25) is 0 Å². The monoisotopic (exact) mass is 333 g/mol. The Morgan fingerprint density at radius 2 is 1.56 bits per heavy atom. The molecule has 0 spiro atoms. The van der Waals surface area contributed by atoms with Gasteiger partial charge in [-0.25, -0.2) is 0 Å². The number of carbonyl (C=O) groups is 2. The van der Waals surface area contributed by atoms with Gasteiger partial charge in [-0.1, -0.05) is 31.2 Å². The summed E-state index contributed by atoms with van der Waals surface area (Å²) in [4.78, 5) is 23.3. The van der Waals surface area contributed by atoms with Crippen LogP contribution in [0.15, 0.2) is 54.1 Å². The van der Waals surface area contributed by atoms with Crippen LogP contribution < -0.4 is 10.6 Å². The van der Waals surface area contributed by atoms with Crippen molar-refractivity contribution >= 4 is 29.3 Å². The van der Waals surface area contributed by atoms with Crippen LogP contribution >= 0.6 is 0 Å². The van der Waals surface area contributed by atoms with E-state index in [9.17, 15) is 14.9 Å². The van der Waals surface area contributed by atoms with Gasteiger partial charge in [0.15, 0.2) is 0 Å². The summed E-state index contributed by atoms with van der Waals surface area (Å²) in [5, 5.41) is 14.6. The molecule has 2 aromatic carbocycles. The van der Waals surface area contributed by atoms with Gasteiger partial charge in [-0.2, -0.15) is 5.26 Å². The molecule has 0 aliphatic heterocycles. The molecule has 0 bridgehead atoms. The summed E-state index contributed by atoms with van der Waals surface area (Å²) in [7, 11) is 0. The van der Waals surface area contributed by atoms with Crippen LogP contribution in [0.25, 0.3) is 6.08 Å². The molecule has 0 saturated heterocycles. The van der Waals surface area contributed by atoms with Crippen molar-refractivity contribution in [2.24, 2.45) is 0 Å². The van der Waals surface area contributed by atoms with E-state index in [-0.39, 0.29) is 11.5 Å². The molecule has 5 nitrogen and oxygen atoms in total. The molecular weight excluding hydrogens is 314 g/mol. The number of nitrogens with one attached hydrogen (secondary N) is 2. The molecule has 2 aromatic rings. The first-order valence-corrected chi connectivity index (χ1v) is 7.91. The van der Waals surface area contributed by atoms with Crippen molar-refractivity contribution in [3.63, 3.8) is 0 Å². The largest absolute Gasteiger partial charge is 0.326 e. The number of hydrogen-bond donors (Lipinski definition) is 2. The average molecular weight is 333 g/mol. The summed E-state index contributed by atoms with van der Waals surface area (Å²) in [6.45, 7) is 3.49. The third kappa shape index (κ3) is 5.33. The molecule has 0 atom stereocenters. The molecule has 0 fully saturated rings. The van der Waals surface area contributed by atoms with Gasteiger partial charge in [0, 0.05) is 18.3 Å². The predicted octanol–water partition coefficient (Wildman–Crippen LogP) is 3.75. The molecule has 126 valence electrons. The zero-order valence-electron chi connectivity index (χ0n) is 14.2. The van der Waals surface area contributed by atoms with Crippen molar-refractivity contribution in [3.8, 4) is 6.07 Å². The SMILES string of the molecule is CCc1ccc(/C=C(\C#N)C(=O)Nc2ccc(NC(C)=O)cc2)cc1. The Labute approximate surface area is 147 Å². The molecular formula is C20H19N3O2. The number of aryl methyl sites for hydroxylation is 1. The third-order valence-corrected chi connectivity index (χ3v) is 3.53. The second-order valence-corrected chi connectivity index (χ2v) is 5.48. The first-order valence-electron chi connectivity index (χ1n) is 7.91. The van der Waals surface area contributed by atoms with Gasteiger partial charge < -0.3 is 10.6 Å². The fourth-order valence-electron chi connectivity index (χ4n) is 2.20. The molecule has 25 heavy (non-hydrogen) atoms. The molecule has 0 aromatic heterocycles. The summed E-state index contributed by atoms with van der Waals surface area (Å²) in [5.41, 5.74) is 3.19. The van der Waals surface area contributed by atoms with Crippen molar-refractivity contribution in [1.82, 2.24) is 0 Å². The zero-order valence-corrected chi connectivity index (χ0v) is 14.2. The summed E-state index contributed by atoms with van der Waals surface area (Å²) in [5.74, 6) is -0.644. The Kier molecular flexibility index (Phi) is 6.08. The lowest BCUT2D eigenvalue weighted by molar-refractivity contribution is -0.114. The van der Waals surface area contributed by atoms with E-state index < -0.39 is 5.91 Å². The van der Waals surface area contributed by atoms with Crippen LogP contribution in [0.4, 0.5) is 11.4 Å². The van der Waals surface area contributed by atoms with Crippen molar-refractivity contribution in [2.75, 3.05) is 10.6 Å². The molecule has 2 amide bonds. The Balaban J connectivity index is 2.10. The highest BCUT2D eigenvalue weighted by atomic mass is 16.2. The number of nitriles is 1. The predicted molar refractivity (Wildman–Crippen MR) is 98.8 cm³/mol. The highest BCUT2D eigenvalue weighted by molar-refractivity contribution is 6.09. The van der Waals surface area contributed by atoms with Crippen LogP contribution in [-0.4, -0.2) is 11.8 Å². The molecule has 0 saturated carbocycles. The van der Waals surface area contributed by atoms with E-state index in [1.807, 2.05) is 30.3 Å². The lowest BCUT2D eigenvalue weighted by Gasteiger charge is -2.06. The van der Waals surface area contributed by atoms with Gasteiger partial charge in [-0.15, -0.1) is 0 Å². The molecule has 0 aliphatic rings. The molecule has 0 heterocycles. The lowest BCUT2D eigenvalue weighted by Crippen LogP contribution is -2.13. The van der Waals surface area contributed by atoms with Crippen LogP contribution in [-0.2, 0) is 16.0 Å². The fraction of sp³-hybridized carbons (Fsp3) is 0.150. The topological polar surface area (TPSA) is 82.0 Å². The highest BCUT2D eigenvalue weighted by Gasteiger charge is 2.09. The van der Waals surface area contributed by atoms with E-state index in [1.165, 1.54) is 12.5 Å². The summed E-state index contributed by atoms with van der Waals surface area (Å²) in [6.07, 6.45) is 2.49. The number of rotatable bonds is 5. The minimum atomic E-state index is -0.477. The first-order chi connectivity index (χ1) is 12.0. The zero-order chi connectivity index (χ0) is 18.2. The number of anilines is 2. The normalized spacial score (nSPS) is 10.7. The first kappa shape index (κ1) is 18.0. The quantitative estimate of drug-likeness (QED) is 0.646. The Morgan fingerprint density at radius 1 is 1.00 bits per heavy atom. The number of nitrogens with zero attached hydrogens (tertiary/aromatic N) is 1. The third-order valence-electron chi connectivity index (χ3n) is 3.53. The van der Waals surface area contributed by atoms with Crippen LogP contribution in [0, 0.1) is 11.3 Å². The van der Waals surface area contributed by atoms with Crippen LogP contribution in [0.3, 0.4) is 0 Å². The highest BCUT2D eigenvalue weighted by Crippen LogP contribution is 2.15. The van der Waals surface area contributed by atoms with Gasteiger partial charge in [0.2, 0.25) is 5.91 Å². The fourth-order valence-corrected chi connectivity index (χ4v) is 2.20. The van der Waals surface area contributed by atoms with Crippen LogP contribution in [0.1, 0.15) is 25.0 Å². The average Bonchev–Trinajstić information content (AvgIpc) is 2.61. The Bertz CT molecular complexity index is 829. The minimum Gasteiger partial charge on any atom is -0.326 e. The minimum absolute atomic E-state index is 0.0233. The van der Waals surface area contributed by atoms with E-state index in [4.69, 9.17) is 0 Å². The smallest absolute Gasteiger partial charge is 0.266 e. The molecule has 0 unspecified atom stereocenters. The van der Waals surface area contributed by atoms with E-state index in [0.717, 1.165) is 12.0 Å². The standard InChI is InChI=1S/C20H19N3O2/c1-3-15-4-6-16(7-5-15)12-17(13-21)20(25)23-19-10-8-18(9-11-19)22-14(2)24/h4-12H,3H2,1-2H3,(H,22,24)(H,23,25)/b17-12+. The summed E-state index contributed by atoms with van der Waals surface area (Å²) < 4.78 is 0. The number of amides is 2. The van der Waals surface area contributed by atoms with Crippen molar-refractivity contribution in [1.29, 1.82) is 5.26 Å². The van der Waals surface area contributed by atoms with E-state index in [2.05, 4.69) is 17.6 Å². The molecule has 0 aliphatic carbocycles. The Hall–Kier alpha value is -3.39. The van der Waals surface area contributed by atoms with Gasteiger partial charge in [0.05, 0.1) is 0 Å². The maximum absolute atomic E-state index is 12.3. The maximum Gasteiger partial charge on any atom is 0.266 e. The molecule has 5 heteroatoms. The van der Waals surface area contributed by atoms with Gasteiger partial charge in [0.1, 0.15) is 11.6 Å². The number of carbonyl (C=O) groups excluding carboxylic acids is 2. The van der Waals surface area contributed by atoms with E-state index in [0.29, 0.717) is 11.4 Å². The van der Waals surface area contributed by atoms with E-state index in [1.54, 1.807) is 30.3 Å². The molecule has 0 radical (unpaired) electrons. The summed E-state index contributed by atoms with van der Waals surface area (Å²) in [6, 6.07) is 16.3.